The molecule has 4 rings (SSSR count). The Morgan fingerprint density at radius 3 is 2.74 bits per heavy atom. The molecule has 2 aromatic rings. The van der Waals surface area contributed by atoms with Gasteiger partial charge in [0.25, 0.3) is 0 Å². The van der Waals surface area contributed by atoms with E-state index < -0.39 is 11.6 Å². The number of nitrogens with one attached hydrogen (secondary N) is 2. The highest BCUT2D eigenvalue weighted by atomic mass is 19.1. The minimum absolute atomic E-state index is 0.116. The summed E-state index contributed by atoms with van der Waals surface area (Å²) in [6.45, 7) is 0.370. The molecule has 1 heterocycles. The number of rotatable bonds is 5. The molecule has 0 aromatic heterocycles. The third-order valence-electron chi connectivity index (χ3n) is 5.97. The van der Waals surface area contributed by atoms with Crippen LogP contribution in [0.1, 0.15) is 42.9 Å². The lowest BCUT2D eigenvalue weighted by atomic mass is 9.73. The molecule has 2 aromatic carbocycles. The van der Waals surface area contributed by atoms with Gasteiger partial charge >= 0.3 is 0 Å². The fourth-order valence-corrected chi connectivity index (χ4v) is 4.78. The molecule has 5 heteroatoms. The second kappa shape index (κ2) is 7.95. The summed E-state index contributed by atoms with van der Waals surface area (Å²) in [5.74, 6) is -0.567. The van der Waals surface area contributed by atoms with Crippen LogP contribution in [-0.2, 0) is 6.54 Å². The van der Waals surface area contributed by atoms with Crippen LogP contribution in [-0.4, -0.2) is 19.2 Å². The first-order chi connectivity index (χ1) is 13.2. The number of hydrogen-bond donors (Lipinski definition) is 2. The van der Waals surface area contributed by atoms with Gasteiger partial charge in [-0.1, -0.05) is 36.8 Å². The second-order valence-corrected chi connectivity index (χ2v) is 7.67. The number of methoxy groups -OCH3 is 1. The van der Waals surface area contributed by atoms with E-state index in [1.165, 1.54) is 38.0 Å². The van der Waals surface area contributed by atoms with Crippen LogP contribution in [0.2, 0.25) is 0 Å². The molecule has 27 heavy (non-hydrogen) atoms. The van der Waals surface area contributed by atoms with Crippen molar-refractivity contribution in [2.24, 2.45) is 5.92 Å². The minimum Gasteiger partial charge on any atom is -0.493 e. The van der Waals surface area contributed by atoms with Gasteiger partial charge in [-0.3, -0.25) is 0 Å². The zero-order valence-electron chi connectivity index (χ0n) is 15.6. The van der Waals surface area contributed by atoms with Crippen LogP contribution >= 0.6 is 0 Å². The zero-order chi connectivity index (χ0) is 18.8. The number of fused-ring (bicyclic) bond motifs is 2. The maximum atomic E-state index is 14.0. The average Bonchev–Trinajstić information content (AvgIpc) is 2.67. The lowest BCUT2D eigenvalue weighted by molar-refractivity contribution is 0.127. The van der Waals surface area contributed by atoms with Crippen molar-refractivity contribution in [2.75, 3.05) is 7.11 Å². The Morgan fingerprint density at radius 2 is 1.96 bits per heavy atom. The molecular formula is C22H26F2N2O. The molecule has 2 bridgehead atoms. The fraction of sp³-hybridized carbons (Fsp3) is 0.455. The molecule has 4 atom stereocenters. The summed E-state index contributed by atoms with van der Waals surface area (Å²) >= 11 is 0. The molecule has 2 aliphatic rings. The van der Waals surface area contributed by atoms with Gasteiger partial charge in [0.15, 0.2) is 11.6 Å². The number of ether oxygens (including phenoxy) is 1. The van der Waals surface area contributed by atoms with Crippen LogP contribution in [0, 0.1) is 17.6 Å². The van der Waals surface area contributed by atoms with Crippen molar-refractivity contribution in [3.63, 3.8) is 0 Å². The van der Waals surface area contributed by atoms with Crippen LogP contribution in [0.3, 0.4) is 0 Å². The van der Waals surface area contributed by atoms with E-state index >= 15 is 0 Å². The summed E-state index contributed by atoms with van der Waals surface area (Å²) in [6.07, 6.45) is 4.78. The number of halogens is 2. The smallest absolute Gasteiger partial charge is 0.168 e. The van der Waals surface area contributed by atoms with Gasteiger partial charge in [-0.25, -0.2) is 8.78 Å². The monoisotopic (exact) mass is 372 g/mol. The van der Waals surface area contributed by atoms with Crippen LogP contribution in [0.25, 0.3) is 0 Å². The standard InChI is InChI=1S/C22H26F2N2O/c1-27-22-16(10-17(23)12-19(22)24)13-25-20-15-8-5-9-18(11-15)26-21(20)14-6-3-2-4-7-14/h2-4,6-7,10,12,15,18,20-21,25-26H,5,8-9,11,13H2,1H3. The van der Waals surface area contributed by atoms with Gasteiger partial charge in [-0.05, 0) is 36.8 Å². The molecule has 1 aliphatic carbocycles. The third kappa shape index (κ3) is 3.85. The summed E-state index contributed by atoms with van der Waals surface area (Å²) in [7, 11) is 1.42. The SMILES string of the molecule is COc1c(F)cc(F)cc1CNC1C2CCCC(C2)NC1c1ccccc1. The Balaban J connectivity index is 1.58. The Labute approximate surface area is 159 Å². The molecule has 1 saturated carbocycles. The van der Waals surface area contributed by atoms with E-state index in [-0.39, 0.29) is 17.8 Å². The van der Waals surface area contributed by atoms with Crippen LogP contribution in [0.4, 0.5) is 8.78 Å². The molecule has 0 amide bonds. The van der Waals surface area contributed by atoms with Crippen LogP contribution in [0.15, 0.2) is 42.5 Å². The van der Waals surface area contributed by atoms with Crippen molar-refractivity contribution in [1.82, 2.24) is 10.6 Å². The average molecular weight is 372 g/mol. The van der Waals surface area contributed by atoms with Gasteiger partial charge in [0.1, 0.15) is 5.82 Å². The number of benzene rings is 2. The van der Waals surface area contributed by atoms with E-state index in [1.54, 1.807) is 0 Å². The molecule has 2 fully saturated rings. The summed E-state index contributed by atoms with van der Waals surface area (Å²) in [6, 6.07) is 13.6. The van der Waals surface area contributed by atoms with Crippen molar-refractivity contribution in [3.8, 4) is 5.75 Å². The molecule has 0 spiro atoms. The topological polar surface area (TPSA) is 33.3 Å². The Kier molecular flexibility index (Phi) is 5.41. The number of hydrogen-bond acceptors (Lipinski definition) is 3. The molecule has 0 radical (unpaired) electrons. The highest BCUT2D eigenvalue weighted by molar-refractivity contribution is 5.35. The molecule has 4 unspecified atom stereocenters. The molecule has 3 nitrogen and oxygen atoms in total. The summed E-state index contributed by atoms with van der Waals surface area (Å²) in [5, 5.41) is 7.39. The van der Waals surface area contributed by atoms with E-state index in [2.05, 4.69) is 34.9 Å². The Hall–Kier alpha value is -1.98. The molecule has 2 N–H and O–H groups in total. The molecule has 1 aliphatic heterocycles. The van der Waals surface area contributed by atoms with Gasteiger partial charge < -0.3 is 15.4 Å². The van der Waals surface area contributed by atoms with E-state index in [1.807, 2.05) is 6.07 Å². The molecule has 1 saturated heterocycles. The van der Waals surface area contributed by atoms with Gasteiger partial charge in [0.2, 0.25) is 0 Å². The first kappa shape index (κ1) is 18.4. The minimum atomic E-state index is -0.659. The maximum Gasteiger partial charge on any atom is 0.168 e. The van der Waals surface area contributed by atoms with Crippen molar-refractivity contribution in [1.29, 1.82) is 0 Å². The van der Waals surface area contributed by atoms with Gasteiger partial charge in [0, 0.05) is 36.3 Å². The van der Waals surface area contributed by atoms with Crippen molar-refractivity contribution in [2.45, 2.75) is 50.4 Å². The highest BCUT2D eigenvalue weighted by Gasteiger charge is 2.39. The third-order valence-corrected chi connectivity index (χ3v) is 5.97. The van der Waals surface area contributed by atoms with Gasteiger partial charge in [-0.15, -0.1) is 0 Å². The lowest BCUT2D eigenvalue weighted by Gasteiger charge is -2.47. The van der Waals surface area contributed by atoms with E-state index in [0.717, 1.165) is 12.5 Å². The van der Waals surface area contributed by atoms with Crippen molar-refractivity contribution < 1.29 is 13.5 Å². The Bertz CT molecular complexity index is 783. The van der Waals surface area contributed by atoms with Crippen molar-refractivity contribution in [3.05, 3.63) is 65.2 Å². The summed E-state index contributed by atoms with van der Waals surface area (Å²) in [5.41, 5.74) is 1.77. The first-order valence-corrected chi connectivity index (χ1v) is 9.72. The predicted molar refractivity (Wildman–Crippen MR) is 102 cm³/mol. The van der Waals surface area contributed by atoms with E-state index in [9.17, 15) is 8.78 Å². The Morgan fingerprint density at radius 1 is 1.15 bits per heavy atom. The second-order valence-electron chi connectivity index (χ2n) is 7.67. The van der Waals surface area contributed by atoms with Crippen LogP contribution in [0.5, 0.6) is 5.75 Å². The van der Waals surface area contributed by atoms with Gasteiger partial charge in [0.05, 0.1) is 7.11 Å². The van der Waals surface area contributed by atoms with Gasteiger partial charge in [-0.2, -0.15) is 0 Å². The lowest BCUT2D eigenvalue weighted by Crippen LogP contribution is -2.56. The predicted octanol–water partition coefficient (Wildman–Crippen LogP) is 4.33. The zero-order valence-corrected chi connectivity index (χ0v) is 15.6. The molecule has 144 valence electrons. The van der Waals surface area contributed by atoms with E-state index in [4.69, 9.17) is 4.74 Å². The summed E-state index contributed by atoms with van der Waals surface area (Å²) < 4.78 is 32.9. The van der Waals surface area contributed by atoms with Crippen molar-refractivity contribution >= 4 is 0 Å². The summed E-state index contributed by atoms with van der Waals surface area (Å²) in [4.78, 5) is 0. The normalized spacial score (nSPS) is 27.4. The highest BCUT2D eigenvalue weighted by Crippen LogP contribution is 2.38. The quantitative estimate of drug-likeness (QED) is 0.819. The van der Waals surface area contributed by atoms with Crippen LogP contribution < -0.4 is 15.4 Å². The van der Waals surface area contributed by atoms with E-state index in [0.29, 0.717) is 24.1 Å². The largest absolute Gasteiger partial charge is 0.493 e. The maximum absolute atomic E-state index is 14.0. The fourth-order valence-electron chi connectivity index (χ4n) is 4.78. The first-order valence-electron chi connectivity index (χ1n) is 9.72. The molecular weight excluding hydrogens is 346 g/mol. The number of piperidine rings is 1.